The normalized spacial score (nSPS) is 11.7. The molecule has 0 radical (unpaired) electrons. The highest BCUT2D eigenvalue weighted by molar-refractivity contribution is 6.53. The first-order chi connectivity index (χ1) is 9.15. The van der Waals surface area contributed by atoms with Gasteiger partial charge in [0.1, 0.15) is 6.07 Å². The maximum Gasteiger partial charge on any atom is 0.101 e. The highest BCUT2D eigenvalue weighted by Gasteiger charge is 2.12. The number of rotatable bonds is 2. The summed E-state index contributed by atoms with van der Waals surface area (Å²) in [6.45, 7) is 1.89. The van der Waals surface area contributed by atoms with Crippen molar-refractivity contribution in [2.45, 2.75) is 6.92 Å². The fraction of sp³-hybridized carbons (Fsp3) is 0.0625. The third-order valence-corrected chi connectivity index (χ3v) is 3.70. The molecular formula is C16H11Cl2N. The van der Waals surface area contributed by atoms with Gasteiger partial charge in [0.15, 0.2) is 0 Å². The van der Waals surface area contributed by atoms with Crippen molar-refractivity contribution in [1.29, 1.82) is 5.26 Å². The zero-order chi connectivity index (χ0) is 13.8. The molecule has 0 aliphatic rings. The van der Waals surface area contributed by atoms with Crippen molar-refractivity contribution in [2.24, 2.45) is 0 Å². The first kappa shape index (κ1) is 13.7. The summed E-state index contributed by atoms with van der Waals surface area (Å²) in [5.74, 6) is 0. The van der Waals surface area contributed by atoms with Crippen molar-refractivity contribution in [3.8, 4) is 6.07 Å². The topological polar surface area (TPSA) is 23.8 Å². The van der Waals surface area contributed by atoms with Crippen LogP contribution in [-0.2, 0) is 0 Å². The fourth-order valence-corrected chi connectivity index (χ4v) is 2.36. The minimum atomic E-state index is 0.425. The Kier molecular flexibility index (Phi) is 4.27. The van der Waals surface area contributed by atoms with Gasteiger partial charge in [-0.2, -0.15) is 5.26 Å². The molecule has 2 aromatic rings. The van der Waals surface area contributed by atoms with Crippen molar-refractivity contribution in [3.05, 3.63) is 70.2 Å². The van der Waals surface area contributed by atoms with Gasteiger partial charge in [0.25, 0.3) is 0 Å². The molecule has 0 bridgehead atoms. The van der Waals surface area contributed by atoms with E-state index in [-0.39, 0.29) is 0 Å². The second-order valence-electron chi connectivity index (χ2n) is 4.08. The van der Waals surface area contributed by atoms with Crippen LogP contribution in [0.25, 0.3) is 10.6 Å². The molecule has 3 heteroatoms. The van der Waals surface area contributed by atoms with Crippen LogP contribution in [0.2, 0.25) is 5.02 Å². The maximum atomic E-state index is 9.35. The summed E-state index contributed by atoms with van der Waals surface area (Å²) in [5.41, 5.74) is 2.91. The van der Waals surface area contributed by atoms with Crippen LogP contribution < -0.4 is 0 Å². The monoisotopic (exact) mass is 287 g/mol. The van der Waals surface area contributed by atoms with Gasteiger partial charge in [0.2, 0.25) is 0 Å². The Morgan fingerprint density at radius 1 is 1.05 bits per heavy atom. The number of nitriles is 1. The first-order valence-electron chi connectivity index (χ1n) is 5.76. The summed E-state index contributed by atoms with van der Waals surface area (Å²) < 4.78 is 0. The smallest absolute Gasteiger partial charge is 0.101 e. The Morgan fingerprint density at radius 3 is 2.37 bits per heavy atom. The highest BCUT2D eigenvalue weighted by atomic mass is 35.5. The van der Waals surface area contributed by atoms with Gasteiger partial charge in [-0.1, -0.05) is 65.7 Å². The van der Waals surface area contributed by atoms with Gasteiger partial charge < -0.3 is 0 Å². The van der Waals surface area contributed by atoms with Gasteiger partial charge in [-0.3, -0.25) is 0 Å². The van der Waals surface area contributed by atoms with Gasteiger partial charge in [-0.05, 0) is 29.7 Å². The number of benzene rings is 2. The molecule has 94 valence electrons. The second-order valence-corrected chi connectivity index (χ2v) is 4.86. The van der Waals surface area contributed by atoms with Crippen LogP contribution >= 0.6 is 23.2 Å². The van der Waals surface area contributed by atoms with E-state index < -0.39 is 0 Å². The SMILES string of the molecule is Cc1c(Cl)cccc1/C(Cl)=C(/C#N)c1ccccc1. The summed E-state index contributed by atoms with van der Waals surface area (Å²) in [6, 6.07) is 17.0. The molecule has 0 aliphatic heterocycles. The van der Waals surface area contributed by atoms with E-state index in [1.54, 1.807) is 6.07 Å². The van der Waals surface area contributed by atoms with E-state index in [0.29, 0.717) is 15.6 Å². The van der Waals surface area contributed by atoms with Crippen LogP contribution in [0, 0.1) is 18.3 Å². The number of nitrogens with zero attached hydrogens (tertiary/aromatic N) is 1. The van der Waals surface area contributed by atoms with E-state index in [2.05, 4.69) is 6.07 Å². The molecule has 0 fully saturated rings. The molecule has 1 nitrogen and oxygen atoms in total. The lowest BCUT2D eigenvalue weighted by Gasteiger charge is -2.08. The Balaban J connectivity index is 2.63. The Bertz CT molecular complexity index is 667. The van der Waals surface area contributed by atoms with Gasteiger partial charge in [-0.25, -0.2) is 0 Å². The minimum Gasteiger partial charge on any atom is -0.192 e. The molecule has 2 rings (SSSR count). The molecule has 0 aliphatic carbocycles. The molecule has 0 saturated heterocycles. The van der Waals surface area contributed by atoms with Crippen LogP contribution in [0.1, 0.15) is 16.7 Å². The average molecular weight is 288 g/mol. The summed E-state index contributed by atoms with van der Waals surface area (Å²) in [4.78, 5) is 0. The second kappa shape index (κ2) is 5.93. The van der Waals surface area contributed by atoms with Crippen molar-refractivity contribution in [3.63, 3.8) is 0 Å². The Labute approximate surface area is 122 Å². The third-order valence-electron chi connectivity index (χ3n) is 2.90. The Hall–Kier alpha value is -1.75. The van der Waals surface area contributed by atoms with Gasteiger partial charge in [-0.15, -0.1) is 0 Å². The van der Waals surface area contributed by atoms with Crippen molar-refractivity contribution in [2.75, 3.05) is 0 Å². The van der Waals surface area contributed by atoms with Gasteiger partial charge in [0.05, 0.1) is 10.6 Å². The summed E-state index contributed by atoms with van der Waals surface area (Å²) in [6.07, 6.45) is 0. The predicted molar refractivity (Wildman–Crippen MR) is 80.9 cm³/mol. The van der Waals surface area contributed by atoms with Crippen LogP contribution in [0.5, 0.6) is 0 Å². The molecule has 0 heterocycles. The lowest BCUT2D eigenvalue weighted by Crippen LogP contribution is -1.89. The molecule has 0 unspecified atom stereocenters. The van der Waals surface area contributed by atoms with Gasteiger partial charge >= 0.3 is 0 Å². The summed E-state index contributed by atoms with van der Waals surface area (Å²) >= 11 is 12.5. The van der Waals surface area contributed by atoms with Crippen LogP contribution in [0.4, 0.5) is 0 Å². The van der Waals surface area contributed by atoms with Crippen molar-refractivity contribution < 1.29 is 0 Å². The van der Waals surface area contributed by atoms with E-state index in [1.807, 2.05) is 49.4 Å². The molecule has 0 atom stereocenters. The number of hydrogen-bond acceptors (Lipinski definition) is 1. The summed E-state index contributed by atoms with van der Waals surface area (Å²) in [7, 11) is 0. The van der Waals surface area contributed by atoms with E-state index in [9.17, 15) is 5.26 Å². The molecule has 0 saturated carbocycles. The first-order valence-corrected chi connectivity index (χ1v) is 6.51. The molecule has 0 amide bonds. The summed E-state index contributed by atoms with van der Waals surface area (Å²) in [5, 5.41) is 10.4. The number of allylic oxidation sites excluding steroid dienone is 1. The standard InChI is InChI=1S/C16H11Cl2N/c1-11-13(8-5-9-15(11)17)16(18)14(10-19)12-6-3-2-4-7-12/h2-9H,1H3/b16-14+. The third kappa shape index (κ3) is 2.81. The molecular weight excluding hydrogens is 277 g/mol. The van der Waals surface area contributed by atoms with Crippen LogP contribution in [-0.4, -0.2) is 0 Å². The molecule has 19 heavy (non-hydrogen) atoms. The highest BCUT2D eigenvalue weighted by Crippen LogP contribution is 2.33. The molecule has 0 N–H and O–H groups in total. The molecule has 2 aromatic carbocycles. The number of hydrogen-bond donors (Lipinski definition) is 0. The lowest BCUT2D eigenvalue weighted by molar-refractivity contribution is 1.43. The lowest BCUT2D eigenvalue weighted by atomic mass is 10.0. The molecule has 0 aromatic heterocycles. The average Bonchev–Trinajstić information content (AvgIpc) is 2.44. The van der Waals surface area contributed by atoms with Crippen molar-refractivity contribution in [1.82, 2.24) is 0 Å². The minimum absolute atomic E-state index is 0.425. The number of halogens is 2. The quantitative estimate of drug-likeness (QED) is 0.545. The fourth-order valence-electron chi connectivity index (χ4n) is 1.83. The maximum absolute atomic E-state index is 9.35. The van der Waals surface area contributed by atoms with Crippen LogP contribution in [0.15, 0.2) is 48.5 Å². The van der Waals surface area contributed by atoms with Gasteiger partial charge in [0, 0.05) is 5.02 Å². The van der Waals surface area contributed by atoms with E-state index in [4.69, 9.17) is 23.2 Å². The zero-order valence-corrected chi connectivity index (χ0v) is 11.8. The largest absolute Gasteiger partial charge is 0.192 e. The van der Waals surface area contributed by atoms with E-state index in [0.717, 1.165) is 16.7 Å². The zero-order valence-electron chi connectivity index (χ0n) is 10.3. The Morgan fingerprint density at radius 2 is 1.74 bits per heavy atom. The van der Waals surface area contributed by atoms with E-state index >= 15 is 0 Å². The van der Waals surface area contributed by atoms with Crippen LogP contribution in [0.3, 0.4) is 0 Å². The molecule has 0 spiro atoms. The van der Waals surface area contributed by atoms with E-state index in [1.165, 1.54) is 0 Å². The predicted octanol–water partition coefficient (Wildman–Crippen LogP) is 5.28. The van der Waals surface area contributed by atoms with Crippen molar-refractivity contribution >= 4 is 33.8 Å².